The van der Waals surface area contributed by atoms with Gasteiger partial charge in [-0.15, -0.1) is 0 Å². The Hall–Kier alpha value is -2.50. The van der Waals surface area contributed by atoms with E-state index in [1.807, 2.05) is 25.1 Å². The van der Waals surface area contributed by atoms with Crippen LogP contribution in [0.3, 0.4) is 0 Å². The van der Waals surface area contributed by atoms with Crippen LogP contribution in [0.5, 0.6) is 5.75 Å². The lowest BCUT2D eigenvalue weighted by molar-refractivity contribution is 0.252. The summed E-state index contributed by atoms with van der Waals surface area (Å²) in [7, 11) is 1.59. The minimum Gasteiger partial charge on any atom is -0.497 e. The number of carbonyl (C=O) groups is 1. The van der Waals surface area contributed by atoms with Crippen molar-refractivity contribution in [3.05, 3.63) is 41.6 Å². The second-order valence-corrected chi connectivity index (χ2v) is 6.99. The highest BCUT2D eigenvalue weighted by molar-refractivity contribution is 5.89. The maximum absolute atomic E-state index is 11.9. The summed E-state index contributed by atoms with van der Waals surface area (Å²) >= 11 is 0. The molecular formula is C19H27N3O3. The van der Waals surface area contributed by atoms with Gasteiger partial charge in [-0.25, -0.2) is 9.78 Å². The minimum atomic E-state index is -0.238. The lowest BCUT2D eigenvalue weighted by atomic mass is 9.97. The molecule has 0 aliphatic heterocycles. The fraction of sp³-hybridized carbons (Fsp3) is 0.474. The van der Waals surface area contributed by atoms with Gasteiger partial charge in [0.05, 0.1) is 12.8 Å². The van der Waals surface area contributed by atoms with E-state index in [0.29, 0.717) is 18.0 Å². The predicted molar refractivity (Wildman–Crippen MR) is 98.3 cm³/mol. The highest BCUT2D eigenvalue weighted by atomic mass is 16.5. The Bertz CT molecular complexity index is 717. The summed E-state index contributed by atoms with van der Waals surface area (Å²) in [5.41, 5.74) is 1.52. The number of rotatable bonds is 6. The molecule has 0 aliphatic rings. The Morgan fingerprint density at radius 2 is 2.08 bits per heavy atom. The van der Waals surface area contributed by atoms with Crippen LogP contribution in [0.2, 0.25) is 0 Å². The van der Waals surface area contributed by atoms with Crippen molar-refractivity contribution in [1.82, 2.24) is 10.3 Å². The molecule has 0 aliphatic carbocycles. The third-order valence-electron chi connectivity index (χ3n) is 3.73. The van der Waals surface area contributed by atoms with Crippen molar-refractivity contribution in [1.29, 1.82) is 0 Å². The Kier molecular flexibility index (Phi) is 6.07. The van der Waals surface area contributed by atoms with Crippen LogP contribution in [0.4, 0.5) is 10.5 Å². The van der Waals surface area contributed by atoms with Crippen LogP contribution in [-0.2, 0) is 11.8 Å². The average Bonchev–Trinajstić information content (AvgIpc) is 2.93. The Morgan fingerprint density at radius 3 is 2.72 bits per heavy atom. The molecule has 0 fully saturated rings. The number of amides is 2. The third-order valence-corrected chi connectivity index (χ3v) is 3.73. The van der Waals surface area contributed by atoms with Crippen molar-refractivity contribution >= 4 is 11.7 Å². The molecule has 2 rings (SSSR count). The normalized spacial score (nSPS) is 11.2. The van der Waals surface area contributed by atoms with Gasteiger partial charge in [0, 0.05) is 30.1 Å². The molecule has 1 aromatic carbocycles. The van der Waals surface area contributed by atoms with Crippen molar-refractivity contribution in [2.24, 2.45) is 0 Å². The second-order valence-electron chi connectivity index (χ2n) is 6.99. The highest BCUT2D eigenvalue weighted by Gasteiger charge is 2.21. The SMILES string of the molecule is COc1cccc(NC(=O)NCCCc2oc(C(C)(C)C)nc2C)c1. The van der Waals surface area contributed by atoms with Gasteiger partial charge >= 0.3 is 6.03 Å². The largest absolute Gasteiger partial charge is 0.497 e. The summed E-state index contributed by atoms with van der Waals surface area (Å²) in [5, 5.41) is 5.63. The first-order valence-corrected chi connectivity index (χ1v) is 8.45. The fourth-order valence-electron chi connectivity index (χ4n) is 2.31. The number of urea groups is 1. The molecule has 0 atom stereocenters. The molecule has 0 saturated carbocycles. The topological polar surface area (TPSA) is 76.4 Å². The van der Waals surface area contributed by atoms with Crippen LogP contribution in [-0.4, -0.2) is 24.7 Å². The monoisotopic (exact) mass is 345 g/mol. The smallest absolute Gasteiger partial charge is 0.319 e. The van der Waals surface area contributed by atoms with Crippen molar-refractivity contribution in [2.75, 3.05) is 19.0 Å². The molecule has 2 N–H and O–H groups in total. The van der Waals surface area contributed by atoms with E-state index in [9.17, 15) is 4.79 Å². The Morgan fingerprint density at radius 1 is 1.32 bits per heavy atom. The first-order valence-electron chi connectivity index (χ1n) is 8.45. The number of aryl methyl sites for hydroxylation is 2. The van der Waals surface area contributed by atoms with E-state index in [4.69, 9.17) is 9.15 Å². The maximum Gasteiger partial charge on any atom is 0.319 e. The first kappa shape index (κ1) is 18.8. The molecule has 2 amide bonds. The summed E-state index contributed by atoms with van der Waals surface area (Å²) in [4.78, 5) is 16.4. The summed E-state index contributed by atoms with van der Waals surface area (Å²) < 4.78 is 11.0. The molecule has 0 unspecified atom stereocenters. The molecular weight excluding hydrogens is 318 g/mol. The second kappa shape index (κ2) is 8.05. The number of carbonyl (C=O) groups excluding carboxylic acids is 1. The van der Waals surface area contributed by atoms with Crippen LogP contribution in [0.1, 0.15) is 44.5 Å². The number of aromatic nitrogens is 1. The number of methoxy groups -OCH3 is 1. The van der Waals surface area contributed by atoms with E-state index in [-0.39, 0.29) is 11.4 Å². The summed E-state index contributed by atoms with van der Waals surface area (Å²) in [5.74, 6) is 2.34. The van der Waals surface area contributed by atoms with Gasteiger partial charge in [0.2, 0.25) is 0 Å². The van der Waals surface area contributed by atoms with Gasteiger partial charge in [0.15, 0.2) is 5.89 Å². The molecule has 6 heteroatoms. The zero-order valence-electron chi connectivity index (χ0n) is 15.6. The van der Waals surface area contributed by atoms with E-state index in [1.165, 1.54) is 0 Å². The van der Waals surface area contributed by atoms with Gasteiger partial charge in [-0.05, 0) is 25.5 Å². The van der Waals surface area contributed by atoms with Crippen LogP contribution >= 0.6 is 0 Å². The van der Waals surface area contributed by atoms with Crippen LogP contribution < -0.4 is 15.4 Å². The van der Waals surface area contributed by atoms with Crippen molar-refractivity contribution < 1.29 is 13.9 Å². The zero-order valence-corrected chi connectivity index (χ0v) is 15.6. The van der Waals surface area contributed by atoms with Crippen LogP contribution in [0, 0.1) is 6.92 Å². The number of hydrogen-bond donors (Lipinski definition) is 2. The zero-order chi connectivity index (χ0) is 18.4. The van der Waals surface area contributed by atoms with Gasteiger partial charge in [0.1, 0.15) is 11.5 Å². The number of oxazole rings is 1. The molecule has 136 valence electrons. The molecule has 0 bridgehead atoms. The van der Waals surface area contributed by atoms with Crippen molar-refractivity contribution in [3.8, 4) is 5.75 Å². The van der Waals surface area contributed by atoms with E-state index in [2.05, 4.69) is 36.4 Å². The molecule has 2 aromatic rings. The Labute approximate surface area is 149 Å². The number of benzene rings is 1. The lowest BCUT2D eigenvalue weighted by Crippen LogP contribution is -2.29. The molecule has 0 radical (unpaired) electrons. The molecule has 0 saturated heterocycles. The highest BCUT2D eigenvalue weighted by Crippen LogP contribution is 2.24. The molecule has 6 nitrogen and oxygen atoms in total. The quantitative estimate of drug-likeness (QED) is 0.775. The average molecular weight is 345 g/mol. The van der Waals surface area contributed by atoms with Gasteiger partial charge in [-0.2, -0.15) is 0 Å². The number of hydrogen-bond acceptors (Lipinski definition) is 4. The lowest BCUT2D eigenvalue weighted by Gasteiger charge is -2.12. The molecule has 1 aromatic heterocycles. The Balaban J connectivity index is 1.77. The maximum atomic E-state index is 11.9. The van der Waals surface area contributed by atoms with Crippen molar-refractivity contribution in [3.63, 3.8) is 0 Å². The first-order chi connectivity index (χ1) is 11.8. The number of anilines is 1. The van der Waals surface area contributed by atoms with Crippen molar-refractivity contribution in [2.45, 2.75) is 46.0 Å². The van der Waals surface area contributed by atoms with Gasteiger partial charge < -0.3 is 19.8 Å². The number of ether oxygens (including phenoxy) is 1. The number of nitrogens with one attached hydrogen (secondary N) is 2. The summed E-state index contributed by atoms with van der Waals surface area (Å²) in [6.45, 7) is 8.74. The van der Waals surface area contributed by atoms with Crippen LogP contribution in [0.15, 0.2) is 28.7 Å². The molecule has 25 heavy (non-hydrogen) atoms. The fourth-order valence-corrected chi connectivity index (χ4v) is 2.31. The van der Waals surface area contributed by atoms with Gasteiger partial charge in [-0.1, -0.05) is 26.8 Å². The minimum absolute atomic E-state index is 0.0993. The van der Waals surface area contributed by atoms with Crippen LogP contribution in [0.25, 0.3) is 0 Å². The third kappa shape index (κ3) is 5.52. The van der Waals surface area contributed by atoms with Gasteiger partial charge in [0.25, 0.3) is 0 Å². The summed E-state index contributed by atoms with van der Waals surface area (Å²) in [6, 6.07) is 7.00. The van der Waals surface area contributed by atoms with E-state index >= 15 is 0 Å². The van der Waals surface area contributed by atoms with E-state index in [0.717, 1.165) is 30.2 Å². The molecule has 0 spiro atoms. The summed E-state index contributed by atoms with van der Waals surface area (Å²) in [6.07, 6.45) is 1.53. The van der Waals surface area contributed by atoms with Gasteiger partial charge in [-0.3, -0.25) is 0 Å². The predicted octanol–water partition coefficient (Wildman–Crippen LogP) is 4.04. The molecule has 1 heterocycles. The van der Waals surface area contributed by atoms with E-state index < -0.39 is 0 Å². The standard InChI is InChI=1S/C19H27N3O3/c1-13-16(25-17(21-13)19(2,3)4)10-7-11-20-18(23)22-14-8-6-9-15(12-14)24-5/h6,8-9,12H,7,10-11H2,1-5H3,(H2,20,22,23). The number of nitrogens with zero attached hydrogens (tertiary/aromatic N) is 1. The van der Waals surface area contributed by atoms with E-state index in [1.54, 1.807) is 13.2 Å².